The van der Waals surface area contributed by atoms with Crippen LogP contribution in [0.15, 0.2) is 24.3 Å². The summed E-state index contributed by atoms with van der Waals surface area (Å²) >= 11 is 0. The van der Waals surface area contributed by atoms with Crippen molar-refractivity contribution < 1.29 is 38.3 Å². The molecule has 0 bridgehead atoms. The third-order valence-electron chi connectivity index (χ3n) is 2.11. The number of hydrogen-bond donors (Lipinski definition) is 2. The van der Waals surface area contributed by atoms with E-state index in [1.54, 1.807) is 24.3 Å². The smallest absolute Gasteiger partial charge is 0.491 e. The van der Waals surface area contributed by atoms with Crippen LogP contribution in [0, 0.1) is 0 Å². The Morgan fingerprint density at radius 2 is 1.84 bits per heavy atom. The Balaban J connectivity index is 0.00000324. The molecule has 0 radical (unpaired) electrons. The van der Waals surface area contributed by atoms with E-state index >= 15 is 0 Å². The summed E-state index contributed by atoms with van der Waals surface area (Å²) in [5.41, 5.74) is 0.483. The van der Waals surface area contributed by atoms with E-state index in [1.165, 1.54) is 0 Å². The van der Waals surface area contributed by atoms with Gasteiger partial charge in [-0.05, 0) is 38.1 Å². The monoisotopic (exact) mass is 258 g/mol. The molecule has 1 amide bonds. The van der Waals surface area contributed by atoms with Crippen molar-refractivity contribution in [3.63, 3.8) is 0 Å². The number of benzene rings is 1. The second kappa shape index (κ2) is 8.62. The molecule has 98 valence electrons. The van der Waals surface area contributed by atoms with Crippen LogP contribution in [0.4, 0.5) is 0 Å². The van der Waals surface area contributed by atoms with Gasteiger partial charge in [0.1, 0.15) is 5.75 Å². The standard InChI is InChI=1S/C13H17NO4.Li/c1-9(2)18-11-5-3-10(4-6-11)13(17)14-8-7-12(15)16;/h3-6,9H,7-8H2,1-2H3,(H,14,17)(H,15,16);/q;+1. The number of rotatable bonds is 6. The Hall–Kier alpha value is -1.44. The summed E-state index contributed by atoms with van der Waals surface area (Å²) in [5, 5.41) is 11.0. The number of carbonyl (C=O) groups is 2. The summed E-state index contributed by atoms with van der Waals surface area (Å²) in [5.74, 6) is -0.518. The fraction of sp³-hybridized carbons (Fsp3) is 0.385. The van der Waals surface area contributed by atoms with E-state index in [0.29, 0.717) is 11.3 Å². The van der Waals surface area contributed by atoms with Gasteiger partial charge in [-0.3, -0.25) is 9.59 Å². The average Bonchev–Trinajstić information content (AvgIpc) is 2.28. The maximum absolute atomic E-state index is 11.6. The van der Waals surface area contributed by atoms with Gasteiger partial charge in [0.2, 0.25) is 0 Å². The Morgan fingerprint density at radius 1 is 1.26 bits per heavy atom. The molecule has 19 heavy (non-hydrogen) atoms. The summed E-state index contributed by atoms with van der Waals surface area (Å²) in [4.78, 5) is 21.9. The SMILES string of the molecule is CC(C)Oc1ccc(C(=O)NCCC(=O)O)cc1.[Li+]. The number of carboxylic acid groups (broad SMARTS) is 1. The van der Waals surface area contributed by atoms with Crippen molar-refractivity contribution in [2.75, 3.05) is 6.54 Å². The zero-order valence-electron chi connectivity index (χ0n) is 11.5. The van der Waals surface area contributed by atoms with E-state index in [2.05, 4.69) is 5.32 Å². The Labute approximate surface area is 124 Å². The molecule has 0 atom stereocenters. The van der Waals surface area contributed by atoms with Crippen molar-refractivity contribution in [2.24, 2.45) is 0 Å². The molecule has 6 heteroatoms. The quantitative estimate of drug-likeness (QED) is 0.621. The van der Waals surface area contributed by atoms with Crippen LogP contribution >= 0.6 is 0 Å². The topological polar surface area (TPSA) is 75.6 Å². The Kier molecular flexibility index (Phi) is 7.97. The van der Waals surface area contributed by atoms with Crippen molar-refractivity contribution in [1.82, 2.24) is 5.32 Å². The molecule has 1 aromatic rings. The number of amides is 1. The van der Waals surface area contributed by atoms with Crippen LogP contribution < -0.4 is 28.9 Å². The summed E-state index contributed by atoms with van der Waals surface area (Å²) in [6.07, 6.45) is 0.000507. The number of carboxylic acids is 1. The Morgan fingerprint density at radius 3 is 2.32 bits per heavy atom. The minimum atomic E-state index is -0.934. The normalized spacial score (nSPS) is 9.63. The Bertz CT molecular complexity index is 417. The van der Waals surface area contributed by atoms with Gasteiger partial charge in [-0.15, -0.1) is 0 Å². The average molecular weight is 258 g/mol. The van der Waals surface area contributed by atoms with Crippen molar-refractivity contribution in [3.05, 3.63) is 29.8 Å². The number of ether oxygens (including phenoxy) is 1. The first-order valence-electron chi connectivity index (χ1n) is 5.75. The predicted octanol–water partition coefficient (Wildman–Crippen LogP) is -1.32. The molecule has 0 unspecified atom stereocenters. The molecule has 0 aliphatic carbocycles. The van der Waals surface area contributed by atoms with Crippen molar-refractivity contribution in [3.8, 4) is 5.75 Å². The second-order valence-electron chi connectivity index (χ2n) is 4.09. The largest absolute Gasteiger partial charge is 1.00 e. The molecule has 2 N–H and O–H groups in total. The van der Waals surface area contributed by atoms with E-state index in [4.69, 9.17) is 9.84 Å². The van der Waals surface area contributed by atoms with Crippen LogP contribution in [0.2, 0.25) is 0 Å². The van der Waals surface area contributed by atoms with Gasteiger partial charge in [0, 0.05) is 12.1 Å². The fourth-order valence-corrected chi connectivity index (χ4v) is 1.34. The summed E-state index contributed by atoms with van der Waals surface area (Å²) in [6.45, 7) is 3.97. The van der Waals surface area contributed by atoms with Crippen LogP contribution in [0.3, 0.4) is 0 Å². The molecule has 1 aromatic carbocycles. The van der Waals surface area contributed by atoms with E-state index in [-0.39, 0.29) is 43.8 Å². The minimum Gasteiger partial charge on any atom is -0.491 e. The summed E-state index contributed by atoms with van der Waals surface area (Å²) < 4.78 is 5.45. The molecule has 0 spiro atoms. The van der Waals surface area contributed by atoms with Gasteiger partial charge in [-0.2, -0.15) is 0 Å². The predicted molar refractivity (Wildman–Crippen MR) is 66.8 cm³/mol. The molecule has 0 aromatic heterocycles. The maximum atomic E-state index is 11.6. The first kappa shape index (κ1) is 17.6. The van der Waals surface area contributed by atoms with E-state index in [9.17, 15) is 9.59 Å². The number of aliphatic carboxylic acids is 1. The van der Waals surface area contributed by atoms with E-state index < -0.39 is 5.97 Å². The van der Waals surface area contributed by atoms with Crippen LogP contribution in [0.5, 0.6) is 5.75 Å². The molecule has 5 nitrogen and oxygen atoms in total. The third kappa shape index (κ3) is 6.90. The van der Waals surface area contributed by atoms with Crippen LogP contribution in [-0.4, -0.2) is 29.6 Å². The maximum Gasteiger partial charge on any atom is 1.00 e. The third-order valence-corrected chi connectivity index (χ3v) is 2.11. The molecule has 0 aliphatic rings. The van der Waals surface area contributed by atoms with Crippen molar-refractivity contribution in [2.45, 2.75) is 26.4 Å². The van der Waals surface area contributed by atoms with Gasteiger partial charge in [-0.1, -0.05) is 0 Å². The van der Waals surface area contributed by atoms with Crippen LogP contribution in [-0.2, 0) is 4.79 Å². The molecule has 0 saturated heterocycles. The molecule has 0 saturated carbocycles. The minimum absolute atomic E-state index is 0. The van der Waals surface area contributed by atoms with Gasteiger partial charge in [0.15, 0.2) is 0 Å². The molecule has 0 aliphatic heterocycles. The van der Waals surface area contributed by atoms with Gasteiger partial charge in [-0.25, -0.2) is 0 Å². The molecule has 1 rings (SSSR count). The number of hydrogen-bond acceptors (Lipinski definition) is 3. The number of carbonyl (C=O) groups excluding carboxylic acids is 1. The number of nitrogens with one attached hydrogen (secondary N) is 1. The first-order valence-corrected chi connectivity index (χ1v) is 5.75. The molecule has 0 heterocycles. The molecule has 0 fully saturated rings. The van der Waals surface area contributed by atoms with E-state index in [0.717, 1.165) is 0 Å². The zero-order valence-corrected chi connectivity index (χ0v) is 11.5. The second-order valence-corrected chi connectivity index (χ2v) is 4.09. The van der Waals surface area contributed by atoms with Gasteiger partial charge < -0.3 is 15.2 Å². The van der Waals surface area contributed by atoms with Crippen LogP contribution in [0.25, 0.3) is 0 Å². The van der Waals surface area contributed by atoms with Crippen molar-refractivity contribution in [1.29, 1.82) is 0 Å². The summed E-state index contributed by atoms with van der Waals surface area (Å²) in [6, 6.07) is 6.72. The zero-order chi connectivity index (χ0) is 13.5. The summed E-state index contributed by atoms with van der Waals surface area (Å²) in [7, 11) is 0. The first-order chi connectivity index (χ1) is 8.49. The molecular weight excluding hydrogens is 241 g/mol. The van der Waals surface area contributed by atoms with E-state index in [1.807, 2.05) is 13.8 Å². The van der Waals surface area contributed by atoms with Crippen LogP contribution in [0.1, 0.15) is 30.6 Å². The van der Waals surface area contributed by atoms with Crippen molar-refractivity contribution >= 4 is 11.9 Å². The van der Waals surface area contributed by atoms with Gasteiger partial charge >= 0.3 is 24.8 Å². The van der Waals surface area contributed by atoms with Gasteiger partial charge in [0.25, 0.3) is 5.91 Å². The van der Waals surface area contributed by atoms with Gasteiger partial charge in [0.05, 0.1) is 12.5 Å². The fourth-order valence-electron chi connectivity index (χ4n) is 1.34. The molecular formula is C13H17LiNO4+.